The molecule has 1 amide bonds. The zero-order valence-corrected chi connectivity index (χ0v) is 27.7. The van der Waals surface area contributed by atoms with Crippen molar-refractivity contribution in [1.82, 2.24) is 4.98 Å². The molecular formula is C22H21N5O13S6. The first kappa shape index (κ1) is 35.5. The number of carbonyl (C=O) groups is 1. The number of aromatic nitrogens is 1. The molecule has 18 nitrogen and oxygen atoms in total. The van der Waals surface area contributed by atoms with E-state index in [1.807, 2.05) is 0 Å². The first-order chi connectivity index (χ1) is 21.0. The Labute approximate surface area is 269 Å². The monoisotopic (exact) mass is 755 g/mol. The first-order valence-electron chi connectivity index (χ1n) is 12.1. The minimum atomic E-state index is -5.22. The number of thiazole rings is 1. The summed E-state index contributed by atoms with van der Waals surface area (Å²) in [6.45, 7) is 1.20. The molecular weight excluding hydrogens is 735 g/mol. The Kier molecular flexibility index (Phi) is 9.81. The number of amides is 1. The maximum Gasteiger partial charge on any atom is 0.296 e. The summed E-state index contributed by atoms with van der Waals surface area (Å²) in [5, 5.41) is 9.35. The van der Waals surface area contributed by atoms with Crippen LogP contribution < -0.4 is 11.1 Å². The lowest BCUT2D eigenvalue weighted by Gasteiger charge is -2.11. The van der Waals surface area contributed by atoms with Crippen molar-refractivity contribution in [2.24, 2.45) is 10.2 Å². The van der Waals surface area contributed by atoms with E-state index in [1.54, 1.807) is 0 Å². The van der Waals surface area contributed by atoms with Gasteiger partial charge in [-0.1, -0.05) is 11.3 Å². The van der Waals surface area contributed by atoms with Crippen LogP contribution in [0.25, 0.3) is 21.0 Å². The van der Waals surface area contributed by atoms with Crippen LogP contribution in [0.1, 0.15) is 13.3 Å². The number of carbonyl (C=O) groups excluding carboxylic acids is 1. The molecule has 7 N–H and O–H groups in total. The Hall–Kier alpha value is -3.33. The van der Waals surface area contributed by atoms with E-state index < -0.39 is 77.7 Å². The van der Waals surface area contributed by atoms with Gasteiger partial charge in [-0.05, 0) is 42.5 Å². The summed E-state index contributed by atoms with van der Waals surface area (Å²) in [5.74, 6) is -0.801. The van der Waals surface area contributed by atoms with Gasteiger partial charge < -0.3 is 11.1 Å². The third kappa shape index (κ3) is 8.33. The van der Waals surface area contributed by atoms with Gasteiger partial charge in [-0.3, -0.25) is 23.0 Å². The van der Waals surface area contributed by atoms with Gasteiger partial charge in [0.15, 0.2) is 0 Å². The quantitative estimate of drug-likeness (QED) is 0.0419. The molecule has 0 aliphatic heterocycles. The number of nitrogen functional groups attached to an aromatic ring is 1. The second-order valence-electron chi connectivity index (χ2n) is 9.27. The van der Waals surface area contributed by atoms with Crippen LogP contribution in [0.15, 0.2) is 60.1 Å². The molecule has 248 valence electrons. The van der Waals surface area contributed by atoms with Gasteiger partial charge in [-0.25, -0.2) is 4.98 Å². The van der Waals surface area contributed by atoms with Crippen molar-refractivity contribution in [3.8, 4) is 0 Å². The van der Waals surface area contributed by atoms with Gasteiger partial charge in [-0.2, -0.15) is 33.7 Å². The largest absolute Gasteiger partial charge is 0.398 e. The van der Waals surface area contributed by atoms with Crippen molar-refractivity contribution in [2.45, 2.75) is 32.9 Å². The van der Waals surface area contributed by atoms with Crippen molar-refractivity contribution in [3.63, 3.8) is 0 Å². The number of hydrogen-bond donors (Lipinski definition) is 6. The number of nitrogens with one attached hydrogen (secondary N) is 1. The van der Waals surface area contributed by atoms with Gasteiger partial charge >= 0.3 is 0 Å². The van der Waals surface area contributed by atoms with Crippen molar-refractivity contribution >= 4 is 113 Å². The third-order valence-corrected chi connectivity index (χ3v) is 11.4. The average Bonchev–Trinajstić information content (AvgIpc) is 3.32. The molecule has 0 aliphatic rings. The summed E-state index contributed by atoms with van der Waals surface area (Å²) >= 11 is 1.67. The van der Waals surface area contributed by atoms with E-state index in [0.29, 0.717) is 28.4 Å². The third-order valence-electron chi connectivity index (χ3n) is 5.82. The minimum absolute atomic E-state index is 0.00289. The maximum absolute atomic E-state index is 12.3. The lowest BCUT2D eigenvalue weighted by molar-refractivity contribution is -0.114. The van der Waals surface area contributed by atoms with Crippen molar-refractivity contribution in [2.75, 3.05) is 22.6 Å². The van der Waals surface area contributed by atoms with Gasteiger partial charge in [0.2, 0.25) is 11.0 Å². The topological polar surface area (TPSA) is 310 Å². The van der Waals surface area contributed by atoms with Gasteiger partial charge in [0.25, 0.3) is 40.5 Å². The fraction of sp³-hybridized carbons (Fsp3) is 0.182. The molecule has 0 saturated carbocycles. The van der Waals surface area contributed by atoms with E-state index in [0.717, 1.165) is 17.8 Å². The molecule has 1 aromatic heterocycles. The molecule has 46 heavy (non-hydrogen) atoms. The number of thioether (sulfide) groups is 1. The zero-order valence-electron chi connectivity index (χ0n) is 22.8. The van der Waals surface area contributed by atoms with Crippen LogP contribution in [0.4, 0.5) is 22.2 Å². The van der Waals surface area contributed by atoms with Crippen molar-refractivity contribution < 1.29 is 56.7 Å². The number of benzene rings is 3. The van der Waals surface area contributed by atoms with Crippen LogP contribution in [0.3, 0.4) is 0 Å². The van der Waals surface area contributed by atoms with Gasteiger partial charge in [-0.15, -0.1) is 22.0 Å². The summed E-state index contributed by atoms with van der Waals surface area (Å²) in [4.78, 5) is 13.2. The molecule has 0 spiro atoms. The summed E-state index contributed by atoms with van der Waals surface area (Å²) in [7, 11) is -19.6. The number of anilines is 2. The molecule has 0 radical (unpaired) electrons. The second kappa shape index (κ2) is 12.7. The standard InChI is InChI=1S/C22H21N5O13S6/c1-10(28)24-15-8-14(23)17(41-3-2-4-43(29,30)31)9-16(15)26-27-22-25-20-19(46(38,39)40)7-12-13(21(20)42-22)5-11(44(32,33)34)6-18(12)45(35,36)37/h5-9H,2-4,23H2,1H3,(H,24,28)(H,29,30,31)(H,32,33,34)(H,35,36,37)(H,38,39,40). The average molecular weight is 756 g/mol. The highest BCUT2D eigenvalue weighted by Crippen LogP contribution is 2.42. The molecule has 4 aromatic rings. The normalized spacial score (nSPS) is 13.2. The Balaban J connectivity index is 1.91. The predicted octanol–water partition coefficient (Wildman–Crippen LogP) is 3.52. The number of fused-ring (bicyclic) bond motifs is 3. The van der Waals surface area contributed by atoms with Crippen LogP contribution in [0.2, 0.25) is 0 Å². The smallest absolute Gasteiger partial charge is 0.296 e. The molecule has 4 rings (SSSR count). The predicted molar refractivity (Wildman–Crippen MR) is 168 cm³/mol. The van der Waals surface area contributed by atoms with E-state index in [-0.39, 0.29) is 44.5 Å². The summed E-state index contributed by atoms with van der Waals surface area (Å²) < 4.78 is 132. The molecule has 0 bridgehead atoms. The molecule has 0 aliphatic carbocycles. The van der Waals surface area contributed by atoms with E-state index in [1.165, 1.54) is 19.1 Å². The highest BCUT2D eigenvalue weighted by atomic mass is 32.2. The van der Waals surface area contributed by atoms with Gasteiger partial charge in [0, 0.05) is 28.3 Å². The van der Waals surface area contributed by atoms with E-state index in [4.69, 9.17) is 10.3 Å². The highest BCUT2D eigenvalue weighted by Gasteiger charge is 2.27. The van der Waals surface area contributed by atoms with Crippen molar-refractivity contribution in [1.29, 1.82) is 0 Å². The Morgan fingerprint density at radius 1 is 0.891 bits per heavy atom. The molecule has 0 saturated heterocycles. The Bertz CT molecular complexity index is 2390. The fourth-order valence-corrected chi connectivity index (χ4v) is 8.61. The molecule has 0 atom stereocenters. The fourth-order valence-electron chi connectivity index (χ4n) is 4.00. The number of nitrogens with two attached hydrogens (primary N) is 1. The minimum Gasteiger partial charge on any atom is -0.398 e. The lowest BCUT2D eigenvalue weighted by atomic mass is 10.1. The first-order valence-corrected chi connectivity index (χ1v) is 19.8. The van der Waals surface area contributed by atoms with Crippen LogP contribution in [-0.2, 0) is 45.3 Å². The Morgan fingerprint density at radius 3 is 2.11 bits per heavy atom. The molecule has 3 aromatic carbocycles. The van der Waals surface area contributed by atoms with Crippen LogP contribution in [0.5, 0.6) is 0 Å². The second-order valence-corrected chi connectivity index (χ2v) is 17.2. The van der Waals surface area contributed by atoms with Crippen LogP contribution in [0, 0.1) is 0 Å². The molecule has 0 unspecified atom stereocenters. The molecule has 0 fully saturated rings. The lowest BCUT2D eigenvalue weighted by Crippen LogP contribution is -2.07. The van der Waals surface area contributed by atoms with Crippen LogP contribution in [-0.4, -0.2) is 74.3 Å². The van der Waals surface area contributed by atoms with Crippen LogP contribution >= 0.6 is 23.1 Å². The van der Waals surface area contributed by atoms with Crippen molar-refractivity contribution in [3.05, 3.63) is 30.3 Å². The van der Waals surface area contributed by atoms with E-state index in [9.17, 15) is 52.1 Å². The summed E-state index contributed by atoms with van der Waals surface area (Å²) in [6, 6.07) is 4.58. The van der Waals surface area contributed by atoms with Gasteiger partial charge in [0.05, 0.1) is 21.0 Å². The number of hydrogen-bond acceptors (Lipinski definition) is 15. The highest BCUT2D eigenvalue weighted by molar-refractivity contribution is 7.99. The zero-order chi connectivity index (χ0) is 34.4. The number of azo groups is 1. The summed E-state index contributed by atoms with van der Waals surface area (Å²) in [5.41, 5.74) is 5.83. The molecule has 1 heterocycles. The number of rotatable bonds is 11. The SMILES string of the molecule is CC(=O)Nc1cc(N)c(SCCCS(=O)(=O)O)cc1N=Nc1nc2c(S(=O)(=O)O)cc3c(S(=O)(=O)O)cc(S(=O)(=O)O)cc3c2s1. The van der Waals surface area contributed by atoms with Gasteiger partial charge in [0.1, 0.15) is 21.0 Å². The Morgan fingerprint density at radius 2 is 1.54 bits per heavy atom. The number of nitrogens with zero attached hydrogens (tertiary/aromatic N) is 3. The van der Waals surface area contributed by atoms with E-state index in [2.05, 4.69) is 20.5 Å². The maximum atomic E-state index is 12.3. The molecule has 24 heteroatoms. The van der Waals surface area contributed by atoms with E-state index >= 15 is 0 Å². The summed E-state index contributed by atoms with van der Waals surface area (Å²) in [6.07, 6.45) is 0.0710.